The average molecular weight is 328 g/mol. The minimum Gasteiger partial charge on any atom is -0.383 e. The Kier molecular flexibility index (Phi) is 3.75. The summed E-state index contributed by atoms with van der Waals surface area (Å²) in [5.41, 5.74) is 5.75. The first-order chi connectivity index (χ1) is 8.97. The number of benzene rings is 1. The summed E-state index contributed by atoms with van der Waals surface area (Å²) < 4.78 is 26.3. The summed E-state index contributed by atoms with van der Waals surface area (Å²) in [6, 6.07) is 4.74. The number of nitrogen functional groups attached to an aromatic ring is 1. The van der Waals surface area contributed by atoms with Crippen LogP contribution in [0.2, 0.25) is 0 Å². The average Bonchev–Trinajstić information content (AvgIpc) is 2.35. The summed E-state index contributed by atoms with van der Waals surface area (Å²) >= 11 is 3.11. The molecule has 3 N–H and O–H groups in total. The molecular weight excluding hydrogens is 320 g/mol. The van der Waals surface area contributed by atoms with E-state index in [-0.39, 0.29) is 11.4 Å². The molecule has 0 radical (unpaired) electrons. The molecule has 4 nitrogen and oxygen atoms in total. The number of nitrogens with zero attached hydrogens (tertiary/aromatic N) is 1. The third-order valence-corrected chi connectivity index (χ3v) is 2.97. The van der Waals surface area contributed by atoms with E-state index in [0.717, 1.165) is 12.3 Å². The van der Waals surface area contributed by atoms with Crippen molar-refractivity contribution in [3.8, 4) is 0 Å². The second kappa shape index (κ2) is 5.31. The lowest BCUT2D eigenvalue weighted by Gasteiger charge is -2.08. The Morgan fingerprint density at radius 1 is 1.26 bits per heavy atom. The number of nitrogens with two attached hydrogens (primary N) is 1. The van der Waals surface area contributed by atoms with Crippen LogP contribution >= 0.6 is 15.9 Å². The molecule has 7 heteroatoms. The second-order valence-electron chi connectivity index (χ2n) is 3.66. The highest BCUT2D eigenvalue weighted by Gasteiger charge is 2.13. The monoisotopic (exact) mass is 327 g/mol. The number of carbonyl (C=O) groups is 1. The van der Waals surface area contributed by atoms with Gasteiger partial charge in [0.05, 0.1) is 17.4 Å². The van der Waals surface area contributed by atoms with Gasteiger partial charge in [-0.15, -0.1) is 0 Å². The lowest BCUT2D eigenvalue weighted by Crippen LogP contribution is -2.15. The van der Waals surface area contributed by atoms with Crippen LogP contribution < -0.4 is 11.1 Å². The Bertz CT molecular complexity index is 649. The minimum absolute atomic E-state index is 0.0860. The summed E-state index contributed by atoms with van der Waals surface area (Å²) in [6.45, 7) is 0. The third-order valence-electron chi connectivity index (χ3n) is 2.31. The molecule has 0 fully saturated rings. The third kappa shape index (κ3) is 3.05. The van der Waals surface area contributed by atoms with Gasteiger partial charge in [-0.1, -0.05) is 0 Å². The Balaban J connectivity index is 2.28. The fourth-order valence-electron chi connectivity index (χ4n) is 1.41. The number of nitrogens with one attached hydrogen (secondary N) is 1. The molecule has 0 aliphatic carbocycles. The lowest BCUT2D eigenvalue weighted by atomic mass is 10.2. The van der Waals surface area contributed by atoms with E-state index >= 15 is 0 Å². The van der Waals surface area contributed by atoms with Crippen molar-refractivity contribution in [3.05, 3.63) is 52.1 Å². The molecule has 0 atom stereocenters. The van der Waals surface area contributed by atoms with Crippen LogP contribution in [0.5, 0.6) is 0 Å². The van der Waals surface area contributed by atoms with E-state index in [1.807, 2.05) is 0 Å². The van der Waals surface area contributed by atoms with Crippen LogP contribution in [0, 0.1) is 11.6 Å². The van der Waals surface area contributed by atoms with Crippen molar-refractivity contribution in [2.45, 2.75) is 0 Å². The quantitative estimate of drug-likeness (QED) is 0.891. The van der Waals surface area contributed by atoms with Gasteiger partial charge in [-0.05, 0) is 40.2 Å². The summed E-state index contributed by atoms with van der Waals surface area (Å²) in [5.74, 6) is -1.83. The van der Waals surface area contributed by atoms with Gasteiger partial charge in [0.2, 0.25) is 0 Å². The van der Waals surface area contributed by atoms with Crippen LogP contribution in [-0.4, -0.2) is 10.9 Å². The van der Waals surface area contributed by atoms with Crippen LogP contribution in [-0.2, 0) is 0 Å². The maximum Gasteiger partial charge on any atom is 0.259 e. The smallest absolute Gasteiger partial charge is 0.259 e. The van der Waals surface area contributed by atoms with Crippen LogP contribution in [0.1, 0.15) is 10.4 Å². The van der Waals surface area contributed by atoms with E-state index in [1.165, 1.54) is 18.2 Å². The topological polar surface area (TPSA) is 68.0 Å². The van der Waals surface area contributed by atoms with E-state index in [9.17, 15) is 13.6 Å². The molecule has 0 unspecified atom stereocenters. The first kappa shape index (κ1) is 13.4. The summed E-state index contributed by atoms with van der Waals surface area (Å²) in [5, 5.41) is 2.48. The van der Waals surface area contributed by atoms with Crippen molar-refractivity contribution in [1.82, 2.24) is 4.98 Å². The fraction of sp³-hybridized carbons (Fsp3) is 0. The number of pyridine rings is 1. The van der Waals surface area contributed by atoms with Crippen molar-refractivity contribution >= 4 is 33.3 Å². The Labute approximate surface area is 115 Å². The Hall–Kier alpha value is -2.02. The van der Waals surface area contributed by atoms with Gasteiger partial charge in [0.1, 0.15) is 17.5 Å². The van der Waals surface area contributed by atoms with E-state index in [2.05, 4.69) is 26.2 Å². The van der Waals surface area contributed by atoms with Gasteiger partial charge in [0.15, 0.2) is 0 Å². The van der Waals surface area contributed by atoms with Gasteiger partial charge < -0.3 is 11.1 Å². The molecule has 1 heterocycles. The van der Waals surface area contributed by atoms with Crippen LogP contribution in [0.25, 0.3) is 0 Å². The first-order valence-corrected chi connectivity index (χ1v) is 5.94. The molecule has 1 amide bonds. The zero-order valence-electron chi connectivity index (χ0n) is 9.45. The zero-order valence-corrected chi connectivity index (χ0v) is 11.0. The highest BCUT2D eigenvalue weighted by molar-refractivity contribution is 9.10. The molecule has 2 rings (SSSR count). The van der Waals surface area contributed by atoms with Crippen molar-refractivity contribution in [1.29, 1.82) is 0 Å². The maximum absolute atomic E-state index is 13.0. The van der Waals surface area contributed by atoms with Crippen molar-refractivity contribution < 1.29 is 13.6 Å². The second-order valence-corrected chi connectivity index (χ2v) is 4.52. The first-order valence-electron chi connectivity index (χ1n) is 5.15. The molecule has 98 valence electrons. The molecule has 0 bridgehead atoms. The molecule has 0 aliphatic heterocycles. The highest BCUT2D eigenvalue weighted by atomic mass is 79.9. The maximum atomic E-state index is 13.0. The number of amides is 1. The Morgan fingerprint density at radius 3 is 2.68 bits per heavy atom. The number of carbonyl (C=O) groups excluding carboxylic acids is 1. The molecule has 0 aliphatic rings. The predicted molar refractivity (Wildman–Crippen MR) is 70.7 cm³/mol. The largest absolute Gasteiger partial charge is 0.383 e. The van der Waals surface area contributed by atoms with E-state index in [0.29, 0.717) is 10.2 Å². The standard InChI is InChI=1S/C12H8BrF2N3O/c13-9-4-6(14)1-2-10(9)18-12(19)8-3-7(15)5-17-11(8)16/h1-5H,(H2,16,17)(H,18,19). The van der Waals surface area contributed by atoms with Crippen LogP contribution in [0.4, 0.5) is 20.3 Å². The number of anilines is 2. The summed E-state index contributed by atoms with van der Waals surface area (Å²) in [7, 11) is 0. The fourth-order valence-corrected chi connectivity index (χ4v) is 1.86. The van der Waals surface area contributed by atoms with Gasteiger partial charge in [-0.3, -0.25) is 4.79 Å². The summed E-state index contributed by atoms with van der Waals surface area (Å²) in [6.07, 6.45) is 0.917. The molecule has 0 saturated carbocycles. The zero-order chi connectivity index (χ0) is 14.0. The SMILES string of the molecule is Nc1ncc(F)cc1C(=O)Nc1ccc(F)cc1Br. The molecular formula is C12H8BrF2N3O. The van der Waals surface area contributed by atoms with Gasteiger partial charge in [-0.2, -0.15) is 0 Å². The van der Waals surface area contributed by atoms with Gasteiger partial charge >= 0.3 is 0 Å². The lowest BCUT2D eigenvalue weighted by molar-refractivity contribution is 0.102. The molecule has 0 saturated heterocycles. The van der Waals surface area contributed by atoms with Gasteiger partial charge in [0.25, 0.3) is 5.91 Å². The predicted octanol–water partition coefficient (Wildman–Crippen LogP) is 2.96. The normalized spacial score (nSPS) is 10.3. The van der Waals surface area contributed by atoms with Gasteiger partial charge in [-0.25, -0.2) is 13.8 Å². The molecule has 1 aromatic carbocycles. The van der Waals surface area contributed by atoms with E-state index in [4.69, 9.17) is 5.73 Å². The van der Waals surface area contributed by atoms with Gasteiger partial charge in [0, 0.05) is 4.47 Å². The van der Waals surface area contributed by atoms with Crippen molar-refractivity contribution in [3.63, 3.8) is 0 Å². The number of hydrogen-bond donors (Lipinski definition) is 2. The van der Waals surface area contributed by atoms with Crippen molar-refractivity contribution in [2.75, 3.05) is 11.1 Å². The van der Waals surface area contributed by atoms with Crippen molar-refractivity contribution in [2.24, 2.45) is 0 Å². The number of halogens is 3. The van der Waals surface area contributed by atoms with E-state index < -0.39 is 17.5 Å². The van der Waals surface area contributed by atoms with E-state index in [1.54, 1.807) is 0 Å². The number of aromatic nitrogens is 1. The van der Waals surface area contributed by atoms with Crippen LogP contribution in [0.3, 0.4) is 0 Å². The summed E-state index contributed by atoms with van der Waals surface area (Å²) in [4.78, 5) is 15.5. The Morgan fingerprint density at radius 2 is 2.00 bits per heavy atom. The number of hydrogen-bond acceptors (Lipinski definition) is 3. The minimum atomic E-state index is -0.669. The molecule has 19 heavy (non-hydrogen) atoms. The molecule has 2 aromatic rings. The molecule has 1 aromatic heterocycles. The number of rotatable bonds is 2. The van der Waals surface area contributed by atoms with Crippen LogP contribution in [0.15, 0.2) is 34.9 Å². The highest BCUT2D eigenvalue weighted by Crippen LogP contribution is 2.24. The molecule has 0 spiro atoms.